The van der Waals surface area contributed by atoms with Crippen molar-refractivity contribution >= 4 is 22.6 Å². The summed E-state index contributed by atoms with van der Waals surface area (Å²) >= 11 is 0. The number of nitrogens with zero attached hydrogens (tertiary/aromatic N) is 2. The van der Waals surface area contributed by atoms with Crippen molar-refractivity contribution in [3.05, 3.63) is 54.1 Å². The standard InChI is InChI=1S/C24H27N5O2/c30-23(28-12-14-2-1-4-25-11-14)19-13-27-22-18(3-5-26-22)21(19)29-20-16-6-15-7-17(20)10-24(31,8-15)9-16/h1-5,11,13,15-17,20,31H,6-10,12H2,(H,28,30)(H2,26,27,29)/t15?,16-,17+,20?,24?. The molecule has 4 bridgehead atoms. The summed E-state index contributed by atoms with van der Waals surface area (Å²) in [5.74, 6) is 1.39. The normalized spacial score (nSPS) is 31.1. The number of H-pyrrole nitrogens is 1. The average molecular weight is 418 g/mol. The molecule has 7 rings (SSSR count). The molecule has 0 radical (unpaired) electrons. The van der Waals surface area contributed by atoms with E-state index in [2.05, 4.69) is 25.6 Å². The Kier molecular flexibility index (Phi) is 4.28. The van der Waals surface area contributed by atoms with E-state index in [0.29, 0.717) is 29.9 Å². The van der Waals surface area contributed by atoms with Crippen LogP contribution in [0.5, 0.6) is 0 Å². The molecule has 3 aromatic rings. The summed E-state index contributed by atoms with van der Waals surface area (Å²) in [4.78, 5) is 24.9. The molecule has 7 heteroatoms. The van der Waals surface area contributed by atoms with E-state index in [1.165, 1.54) is 12.8 Å². The Bertz CT molecular complexity index is 1110. The largest absolute Gasteiger partial charge is 0.390 e. The second-order valence-corrected chi connectivity index (χ2v) is 9.70. The second kappa shape index (κ2) is 7.05. The maximum Gasteiger partial charge on any atom is 0.255 e. The fraction of sp³-hybridized carbons (Fsp3) is 0.458. The molecule has 0 spiro atoms. The molecule has 3 aromatic heterocycles. The van der Waals surface area contributed by atoms with Crippen LogP contribution >= 0.6 is 0 Å². The fourth-order valence-corrected chi connectivity index (χ4v) is 6.50. The molecular formula is C24H27N5O2. The summed E-state index contributed by atoms with van der Waals surface area (Å²) < 4.78 is 0. The molecule has 4 aliphatic carbocycles. The van der Waals surface area contributed by atoms with Crippen LogP contribution in [0.2, 0.25) is 0 Å². The molecule has 3 heterocycles. The number of aliphatic hydroxyl groups is 1. The first-order valence-electron chi connectivity index (χ1n) is 11.2. The highest BCUT2D eigenvalue weighted by atomic mass is 16.3. The topological polar surface area (TPSA) is 103 Å². The number of fused-ring (bicyclic) bond motifs is 1. The first kappa shape index (κ1) is 18.8. The first-order valence-corrected chi connectivity index (χ1v) is 11.2. The molecule has 7 nitrogen and oxygen atoms in total. The van der Waals surface area contributed by atoms with E-state index in [4.69, 9.17) is 0 Å². The number of carbonyl (C=O) groups is 1. The van der Waals surface area contributed by atoms with Crippen molar-refractivity contribution in [2.45, 2.75) is 50.3 Å². The minimum atomic E-state index is -0.472. The van der Waals surface area contributed by atoms with Crippen LogP contribution in [0.4, 0.5) is 5.69 Å². The Morgan fingerprint density at radius 2 is 2.03 bits per heavy atom. The molecule has 4 N–H and O–H groups in total. The van der Waals surface area contributed by atoms with Gasteiger partial charge in [-0.25, -0.2) is 4.98 Å². The maximum atomic E-state index is 13.1. The number of hydrogen-bond acceptors (Lipinski definition) is 5. The van der Waals surface area contributed by atoms with Gasteiger partial charge in [0, 0.05) is 42.8 Å². The van der Waals surface area contributed by atoms with Crippen molar-refractivity contribution in [3.63, 3.8) is 0 Å². The van der Waals surface area contributed by atoms with Crippen molar-refractivity contribution in [1.82, 2.24) is 20.3 Å². The first-order chi connectivity index (χ1) is 15.1. The highest BCUT2D eigenvalue weighted by Gasteiger charge is 2.54. The molecule has 160 valence electrons. The van der Waals surface area contributed by atoms with Gasteiger partial charge >= 0.3 is 0 Å². The molecular weight excluding hydrogens is 390 g/mol. The molecule has 0 saturated heterocycles. The molecule has 4 saturated carbocycles. The number of amides is 1. The van der Waals surface area contributed by atoms with Crippen LogP contribution in [-0.2, 0) is 6.54 Å². The minimum absolute atomic E-state index is 0.149. The lowest BCUT2D eigenvalue weighted by Gasteiger charge is -2.58. The van der Waals surface area contributed by atoms with Crippen molar-refractivity contribution < 1.29 is 9.90 Å². The Hall–Kier alpha value is -2.93. The van der Waals surface area contributed by atoms with E-state index in [1.54, 1.807) is 18.6 Å². The quantitative estimate of drug-likeness (QED) is 0.510. The van der Waals surface area contributed by atoms with Gasteiger partial charge in [0.25, 0.3) is 5.91 Å². The van der Waals surface area contributed by atoms with Crippen LogP contribution in [0.15, 0.2) is 43.0 Å². The summed E-state index contributed by atoms with van der Waals surface area (Å²) in [5.41, 5.74) is 2.66. The number of anilines is 1. The van der Waals surface area contributed by atoms with Crippen LogP contribution in [0.25, 0.3) is 11.0 Å². The summed E-state index contributed by atoms with van der Waals surface area (Å²) in [6, 6.07) is 6.07. The smallest absolute Gasteiger partial charge is 0.255 e. The van der Waals surface area contributed by atoms with E-state index in [0.717, 1.165) is 41.5 Å². The van der Waals surface area contributed by atoms with Gasteiger partial charge in [-0.2, -0.15) is 0 Å². The lowest BCUT2D eigenvalue weighted by Crippen LogP contribution is -2.59. The van der Waals surface area contributed by atoms with Gasteiger partial charge in [-0.1, -0.05) is 6.07 Å². The number of nitrogens with one attached hydrogen (secondary N) is 3. The number of rotatable bonds is 5. The Labute approximate surface area is 180 Å². The third-order valence-corrected chi connectivity index (χ3v) is 7.56. The van der Waals surface area contributed by atoms with E-state index in [1.807, 2.05) is 24.4 Å². The van der Waals surface area contributed by atoms with Crippen molar-refractivity contribution in [3.8, 4) is 0 Å². The third-order valence-electron chi connectivity index (χ3n) is 7.56. The number of pyridine rings is 2. The summed E-state index contributed by atoms with van der Waals surface area (Å²) in [7, 11) is 0. The lowest BCUT2D eigenvalue weighted by molar-refractivity contribution is -0.129. The van der Waals surface area contributed by atoms with Crippen LogP contribution < -0.4 is 10.6 Å². The van der Waals surface area contributed by atoms with Crippen LogP contribution in [-0.4, -0.2) is 37.6 Å². The van der Waals surface area contributed by atoms with Gasteiger partial charge in [0.15, 0.2) is 0 Å². The SMILES string of the molecule is O=C(NCc1cccnc1)c1cnc2[nH]ccc2c1NC1[C@@H]2CC3C[C@H]1CC(O)(C3)C2. The van der Waals surface area contributed by atoms with E-state index >= 15 is 0 Å². The second-order valence-electron chi connectivity index (χ2n) is 9.70. The molecule has 0 aliphatic heterocycles. The van der Waals surface area contributed by atoms with E-state index in [9.17, 15) is 9.90 Å². The van der Waals surface area contributed by atoms with Crippen LogP contribution in [0, 0.1) is 17.8 Å². The van der Waals surface area contributed by atoms with E-state index < -0.39 is 5.60 Å². The number of hydrogen-bond donors (Lipinski definition) is 4. The fourth-order valence-electron chi connectivity index (χ4n) is 6.50. The Morgan fingerprint density at radius 3 is 2.77 bits per heavy atom. The molecule has 31 heavy (non-hydrogen) atoms. The Morgan fingerprint density at radius 1 is 1.19 bits per heavy atom. The van der Waals surface area contributed by atoms with Crippen molar-refractivity contribution in [2.24, 2.45) is 17.8 Å². The number of carbonyl (C=O) groups excluding carboxylic acids is 1. The zero-order valence-corrected chi connectivity index (χ0v) is 17.3. The monoisotopic (exact) mass is 417 g/mol. The summed E-state index contributed by atoms with van der Waals surface area (Å²) in [6.45, 7) is 0.417. The lowest BCUT2D eigenvalue weighted by atomic mass is 9.52. The third kappa shape index (κ3) is 3.28. The molecule has 1 amide bonds. The predicted octanol–water partition coefficient (Wildman–Crippen LogP) is 3.24. The van der Waals surface area contributed by atoms with Gasteiger partial charge in [0.1, 0.15) is 5.65 Å². The average Bonchev–Trinajstić information content (AvgIpc) is 3.23. The minimum Gasteiger partial charge on any atom is -0.390 e. The van der Waals surface area contributed by atoms with Gasteiger partial charge in [0.2, 0.25) is 0 Å². The van der Waals surface area contributed by atoms with E-state index in [-0.39, 0.29) is 11.9 Å². The highest BCUT2D eigenvalue weighted by Crippen LogP contribution is 2.56. The molecule has 4 fully saturated rings. The molecule has 0 aromatic carbocycles. The Balaban J connectivity index is 1.30. The zero-order valence-electron chi connectivity index (χ0n) is 17.3. The van der Waals surface area contributed by atoms with Crippen LogP contribution in [0.1, 0.15) is 48.0 Å². The van der Waals surface area contributed by atoms with Crippen LogP contribution in [0.3, 0.4) is 0 Å². The molecule has 3 unspecified atom stereocenters. The highest BCUT2D eigenvalue weighted by molar-refractivity contribution is 6.06. The predicted molar refractivity (Wildman–Crippen MR) is 117 cm³/mol. The maximum absolute atomic E-state index is 13.1. The zero-order chi connectivity index (χ0) is 21.0. The number of aromatic amines is 1. The van der Waals surface area contributed by atoms with Gasteiger partial charge in [0.05, 0.1) is 16.9 Å². The number of aromatic nitrogens is 3. The van der Waals surface area contributed by atoms with Crippen molar-refractivity contribution in [1.29, 1.82) is 0 Å². The van der Waals surface area contributed by atoms with Gasteiger partial charge in [-0.05, 0) is 67.6 Å². The van der Waals surface area contributed by atoms with Gasteiger partial charge in [-0.3, -0.25) is 9.78 Å². The van der Waals surface area contributed by atoms with Crippen molar-refractivity contribution in [2.75, 3.05) is 5.32 Å². The molecule has 4 aliphatic rings. The summed E-state index contributed by atoms with van der Waals surface area (Å²) in [6.07, 6.45) is 12.0. The summed E-state index contributed by atoms with van der Waals surface area (Å²) in [5, 5.41) is 18.7. The molecule has 5 atom stereocenters. The van der Waals surface area contributed by atoms with Gasteiger partial charge in [-0.15, -0.1) is 0 Å². The van der Waals surface area contributed by atoms with Gasteiger partial charge < -0.3 is 20.7 Å².